The maximum absolute atomic E-state index is 13.6. The maximum Gasteiger partial charge on any atom is 0.257 e. The van der Waals surface area contributed by atoms with Crippen LogP contribution in [-0.2, 0) is 9.53 Å². The summed E-state index contributed by atoms with van der Waals surface area (Å²) in [6.07, 6.45) is 11.3. The Bertz CT molecular complexity index is 1860. The number of methoxy groups -OCH3 is 1. The number of anilines is 2. The third kappa shape index (κ3) is 12.0. The summed E-state index contributed by atoms with van der Waals surface area (Å²) >= 11 is 2.89. The van der Waals surface area contributed by atoms with Gasteiger partial charge in [-0.3, -0.25) is 24.6 Å². The molecule has 6 rings (SSSR count). The van der Waals surface area contributed by atoms with E-state index in [4.69, 9.17) is 9.47 Å². The first-order valence-electron chi connectivity index (χ1n) is 21.1. The molecule has 2 aliphatic heterocycles. The van der Waals surface area contributed by atoms with Crippen molar-refractivity contribution < 1.29 is 23.9 Å². The minimum absolute atomic E-state index is 0.0206. The smallest absolute Gasteiger partial charge is 0.257 e. The Morgan fingerprint density at radius 3 is 2.19 bits per heavy atom. The zero-order valence-electron chi connectivity index (χ0n) is 35.7. The fraction of sp³-hybridized carbons (Fsp3) is 0.600. The number of benzene rings is 2. The molecule has 2 aromatic carbocycles. The van der Waals surface area contributed by atoms with Crippen LogP contribution in [0.3, 0.4) is 0 Å². The Kier molecular flexibility index (Phi) is 14.8. The summed E-state index contributed by atoms with van der Waals surface area (Å²) in [5, 5.41) is 3.47. The van der Waals surface area contributed by atoms with E-state index in [-0.39, 0.29) is 28.7 Å². The van der Waals surface area contributed by atoms with E-state index in [2.05, 4.69) is 47.8 Å². The van der Waals surface area contributed by atoms with E-state index >= 15 is 0 Å². The molecule has 1 N–H and O–H groups in total. The van der Waals surface area contributed by atoms with Crippen LogP contribution < -0.4 is 15.0 Å². The lowest BCUT2D eigenvalue weighted by Gasteiger charge is -2.41. The van der Waals surface area contributed by atoms with Gasteiger partial charge >= 0.3 is 0 Å². The van der Waals surface area contributed by atoms with Crippen molar-refractivity contribution in [3.8, 4) is 5.75 Å². The highest BCUT2D eigenvalue weighted by Gasteiger charge is 2.31. The van der Waals surface area contributed by atoms with Crippen LogP contribution in [0.2, 0.25) is 0 Å². The lowest BCUT2D eigenvalue weighted by atomic mass is 9.80. The van der Waals surface area contributed by atoms with Gasteiger partial charge in [-0.05, 0) is 80.5 Å². The number of nitrogens with one attached hydrogen (secondary N) is 1. The Labute approximate surface area is 354 Å². The van der Waals surface area contributed by atoms with Gasteiger partial charge in [0.15, 0.2) is 5.13 Å². The first-order chi connectivity index (χ1) is 27.7. The Hall–Kier alpha value is -3.65. The number of aryl methyl sites for hydroxylation is 1. The lowest BCUT2D eigenvalue weighted by Crippen LogP contribution is -2.51. The van der Waals surface area contributed by atoms with Crippen LogP contribution in [0.1, 0.15) is 106 Å². The van der Waals surface area contributed by atoms with Crippen LogP contribution in [0.4, 0.5) is 10.8 Å². The van der Waals surface area contributed by atoms with Gasteiger partial charge in [0.25, 0.3) is 11.8 Å². The third-order valence-corrected chi connectivity index (χ3v) is 14.0. The van der Waals surface area contributed by atoms with Crippen molar-refractivity contribution in [3.63, 3.8) is 0 Å². The maximum atomic E-state index is 13.6. The predicted molar refractivity (Wildman–Crippen MR) is 235 cm³/mol. The van der Waals surface area contributed by atoms with Gasteiger partial charge in [-0.1, -0.05) is 75.5 Å². The minimum Gasteiger partial charge on any atom is -0.496 e. The number of carbonyl (C=O) groups is 3. The first kappa shape index (κ1) is 43.9. The largest absolute Gasteiger partial charge is 0.496 e. The van der Waals surface area contributed by atoms with E-state index < -0.39 is 0 Å². The van der Waals surface area contributed by atoms with Gasteiger partial charge in [-0.2, -0.15) is 0 Å². The molecule has 316 valence electrons. The van der Waals surface area contributed by atoms with E-state index in [0.29, 0.717) is 48.2 Å². The summed E-state index contributed by atoms with van der Waals surface area (Å²) in [5.41, 5.74) is 3.13. The Morgan fingerprint density at radius 1 is 0.897 bits per heavy atom. The van der Waals surface area contributed by atoms with Crippen LogP contribution in [0.25, 0.3) is 0 Å². The molecule has 1 saturated carbocycles. The number of rotatable bonds is 14. The molecule has 3 aliphatic rings. The molecule has 0 radical (unpaired) electrons. The summed E-state index contributed by atoms with van der Waals surface area (Å²) in [6, 6.07) is 11.6. The topological polar surface area (TPSA) is 108 Å². The van der Waals surface area contributed by atoms with Gasteiger partial charge in [-0.15, -0.1) is 0 Å². The number of thiazole rings is 1. The van der Waals surface area contributed by atoms with Crippen LogP contribution in [0.15, 0.2) is 51.7 Å². The van der Waals surface area contributed by atoms with Crippen molar-refractivity contribution in [3.05, 3.63) is 59.3 Å². The molecule has 0 atom stereocenters. The number of piperazine rings is 2. The zero-order valence-corrected chi connectivity index (χ0v) is 37.4. The molecule has 13 heteroatoms. The molecule has 3 fully saturated rings. The number of aromatic nitrogens is 1. The molecule has 3 heterocycles. The van der Waals surface area contributed by atoms with Crippen molar-refractivity contribution in [2.45, 2.75) is 101 Å². The van der Waals surface area contributed by atoms with Crippen LogP contribution in [-0.4, -0.2) is 116 Å². The summed E-state index contributed by atoms with van der Waals surface area (Å²) in [4.78, 5) is 52.4. The predicted octanol–water partition coefficient (Wildman–Crippen LogP) is 8.47. The molecule has 1 aliphatic carbocycles. The van der Waals surface area contributed by atoms with Gasteiger partial charge in [0.2, 0.25) is 5.91 Å². The highest BCUT2D eigenvalue weighted by Crippen LogP contribution is 2.39. The standard InChI is InChI=1S/C45H64N6O5S2/c1-32-26-38(55-7)37(42(54)51-24-22-49(23-25-51)33(2)52)27-39(32)57-40-29-46-43(58-40)47-41(53)35-14-16-36(17-15-35)50-20-18-48(19-21-50)30-45(5,6)56-31-44(3,4)28-34-12-10-8-9-11-13-34/h14-17,26-27,29,34H,8-13,18-25,28,30-31H2,1-7H3,(H,46,47,53). The van der Waals surface area contributed by atoms with E-state index in [9.17, 15) is 14.4 Å². The molecule has 1 aromatic heterocycles. The van der Waals surface area contributed by atoms with Crippen molar-refractivity contribution in [2.75, 3.05) is 82.8 Å². The van der Waals surface area contributed by atoms with Gasteiger partial charge in [-0.25, -0.2) is 4.98 Å². The van der Waals surface area contributed by atoms with Crippen molar-refractivity contribution >= 4 is 51.6 Å². The monoisotopic (exact) mass is 832 g/mol. The van der Waals surface area contributed by atoms with Crippen LogP contribution in [0.5, 0.6) is 5.75 Å². The number of amides is 3. The molecule has 0 bridgehead atoms. The van der Waals surface area contributed by atoms with Gasteiger partial charge in [0.05, 0.1) is 35.3 Å². The lowest BCUT2D eigenvalue weighted by molar-refractivity contribution is -0.130. The van der Waals surface area contributed by atoms with Gasteiger partial charge in [0.1, 0.15) is 5.75 Å². The number of carbonyl (C=O) groups excluding carboxylic acids is 3. The number of hydrogen-bond donors (Lipinski definition) is 1. The zero-order chi connectivity index (χ0) is 41.5. The molecule has 11 nitrogen and oxygen atoms in total. The van der Waals surface area contributed by atoms with E-state index in [1.807, 2.05) is 43.3 Å². The average Bonchev–Trinajstić information content (AvgIpc) is 3.49. The molecule has 2 saturated heterocycles. The molecule has 0 spiro atoms. The Morgan fingerprint density at radius 2 is 1.55 bits per heavy atom. The average molecular weight is 833 g/mol. The van der Waals surface area contributed by atoms with E-state index in [0.717, 1.165) is 65.6 Å². The van der Waals surface area contributed by atoms with Crippen molar-refractivity contribution in [1.29, 1.82) is 0 Å². The number of nitrogens with zero attached hydrogens (tertiary/aromatic N) is 5. The third-order valence-electron chi connectivity index (χ3n) is 11.8. The van der Waals surface area contributed by atoms with Gasteiger partial charge < -0.3 is 24.2 Å². The number of ether oxygens (including phenoxy) is 2. The number of hydrogen-bond acceptors (Lipinski definition) is 10. The normalized spacial score (nSPS) is 17.6. The molecule has 3 amide bonds. The molecule has 58 heavy (non-hydrogen) atoms. The van der Waals surface area contributed by atoms with E-state index in [1.54, 1.807) is 30.0 Å². The highest BCUT2D eigenvalue weighted by atomic mass is 32.2. The summed E-state index contributed by atoms with van der Waals surface area (Å²) in [5.74, 6) is 1.06. The first-order valence-corrected chi connectivity index (χ1v) is 22.7. The van der Waals surface area contributed by atoms with Crippen molar-refractivity contribution in [1.82, 2.24) is 19.7 Å². The van der Waals surface area contributed by atoms with Crippen LogP contribution in [0, 0.1) is 18.3 Å². The SMILES string of the molecule is COc1cc(C)c(Sc2cnc(NC(=O)c3ccc(N4CCN(CC(C)(C)OCC(C)(C)CC5CCCCCC5)CC4)cc3)s2)cc1C(=O)N1CCN(C(C)=O)CC1. The van der Waals surface area contributed by atoms with Crippen molar-refractivity contribution in [2.24, 2.45) is 11.3 Å². The van der Waals surface area contributed by atoms with Crippen LogP contribution >= 0.6 is 23.1 Å². The molecule has 0 unspecified atom stereocenters. The molecular weight excluding hydrogens is 769 g/mol. The quantitative estimate of drug-likeness (QED) is 0.160. The summed E-state index contributed by atoms with van der Waals surface area (Å²) < 4.78 is 13.1. The van der Waals surface area contributed by atoms with Gasteiger partial charge in [0, 0.05) is 82.0 Å². The highest BCUT2D eigenvalue weighted by molar-refractivity contribution is 8.01. The minimum atomic E-state index is -0.208. The fourth-order valence-electron chi connectivity index (χ4n) is 8.52. The second-order valence-electron chi connectivity index (χ2n) is 17.7. The van der Waals surface area contributed by atoms with E-state index in [1.165, 1.54) is 68.0 Å². The molecule has 3 aromatic rings. The summed E-state index contributed by atoms with van der Waals surface area (Å²) in [6.45, 7) is 20.3. The second kappa shape index (κ2) is 19.6. The second-order valence-corrected chi connectivity index (χ2v) is 20.1. The Balaban J connectivity index is 0.966. The molecular formula is C45H64N6O5S2. The summed E-state index contributed by atoms with van der Waals surface area (Å²) in [7, 11) is 1.57. The fourth-order valence-corrected chi connectivity index (χ4v) is 10.5.